The van der Waals surface area contributed by atoms with Gasteiger partial charge >= 0.3 is 0 Å². The van der Waals surface area contributed by atoms with Crippen molar-refractivity contribution >= 4 is 5.91 Å². The maximum Gasteiger partial charge on any atom is 0.273 e. The van der Waals surface area contributed by atoms with Crippen LogP contribution in [0.25, 0.3) is 11.3 Å². The Balaban J connectivity index is 1.47. The Kier molecular flexibility index (Phi) is 7.26. The summed E-state index contributed by atoms with van der Waals surface area (Å²) < 4.78 is 21.6. The lowest BCUT2D eigenvalue weighted by Crippen LogP contribution is -2.43. The number of carbonyl (C=O) groups excluding carboxylic acids is 1. The van der Waals surface area contributed by atoms with Gasteiger partial charge in [-0.05, 0) is 30.7 Å². The second kappa shape index (κ2) is 10.5. The molecule has 1 N–H and O–H groups in total. The number of methoxy groups -OCH3 is 2. The van der Waals surface area contributed by atoms with Gasteiger partial charge in [0.1, 0.15) is 0 Å². The van der Waals surface area contributed by atoms with Crippen molar-refractivity contribution in [3.8, 4) is 22.8 Å². The minimum absolute atomic E-state index is 0.0515. The first-order chi connectivity index (χ1) is 16.1. The second-order valence-electron chi connectivity index (χ2n) is 7.93. The van der Waals surface area contributed by atoms with Crippen LogP contribution in [0.15, 0.2) is 53.1 Å². The zero-order valence-electron chi connectivity index (χ0n) is 19.2. The Labute approximate surface area is 193 Å². The van der Waals surface area contributed by atoms with Crippen molar-refractivity contribution in [2.24, 2.45) is 0 Å². The largest absolute Gasteiger partial charge is 0.493 e. The van der Waals surface area contributed by atoms with Crippen LogP contribution in [0.3, 0.4) is 0 Å². The first kappa shape index (κ1) is 22.8. The summed E-state index contributed by atoms with van der Waals surface area (Å²) in [6.07, 6.45) is 0. The quantitative estimate of drug-likeness (QED) is 0.561. The molecule has 0 aliphatic carbocycles. The monoisotopic (exact) mass is 451 g/mol. The number of nitrogens with zero attached hydrogens (tertiary/aromatic N) is 2. The molecule has 0 radical (unpaired) electrons. The summed E-state index contributed by atoms with van der Waals surface area (Å²) in [7, 11) is 3.15. The molecule has 1 fully saturated rings. The summed E-state index contributed by atoms with van der Waals surface area (Å²) in [5.41, 5.74) is 3.33. The third-order valence-corrected chi connectivity index (χ3v) is 5.82. The van der Waals surface area contributed by atoms with Crippen LogP contribution in [-0.2, 0) is 4.74 Å². The number of benzene rings is 2. The predicted octanol–water partition coefficient (Wildman–Crippen LogP) is 3.47. The fraction of sp³-hybridized carbons (Fsp3) is 0.360. The molecule has 1 aliphatic rings. The number of ether oxygens (including phenoxy) is 3. The normalized spacial score (nSPS) is 15.1. The van der Waals surface area contributed by atoms with E-state index in [0.29, 0.717) is 37.0 Å². The fourth-order valence-corrected chi connectivity index (χ4v) is 3.92. The van der Waals surface area contributed by atoms with Gasteiger partial charge in [-0.3, -0.25) is 9.69 Å². The highest BCUT2D eigenvalue weighted by atomic mass is 16.5. The number of nitrogens with one attached hydrogen (secondary N) is 1. The number of aryl methyl sites for hydroxylation is 1. The van der Waals surface area contributed by atoms with Crippen LogP contribution in [0, 0.1) is 6.92 Å². The van der Waals surface area contributed by atoms with Gasteiger partial charge in [-0.25, -0.2) is 0 Å². The lowest BCUT2D eigenvalue weighted by atomic mass is 10.0. The van der Waals surface area contributed by atoms with Gasteiger partial charge in [0.2, 0.25) is 0 Å². The van der Waals surface area contributed by atoms with E-state index in [0.717, 1.165) is 24.2 Å². The molecule has 0 saturated carbocycles. The molecule has 1 saturated heterocycles. The van der Waals surface area contributed by atoms with E-state index in [2.05, 4.69) is 46.6 Å². The molecular weight excluding hydrogens is 422 g/mol. The van der Waals surface area contributed by atoms with Gasteiger partial charge in [-0.15, -0.1) is 0 Å². The van der Waals surface area contributed by atoms with Gasteiger partial charge in [0.15, 0.2) is 23.0 Å². The van der Waals surface area contributed by atoms with Crippen LogP contribution in [0.5, 0.6) is 11.5 Å². The molecule has 1 aromatic heterocycles. The molecule has 8 heteroatoms. The zero-order chi connectivity index (χ0) is 23.2. The SMILES string of the molecule is COc1ccc(-c2cc(C(=O)NCC(c3ccc(C)cc3)N3CCOCC3)no2)cc1OC. The molecule has 3 aromatic rings. The van der Waals surface area contributed by atoms with Gasteiger partial charge in [0.05, 0.1) is 33.5 Å². The Morgan fingerprint density at radius 3 is 2.48 bits per heavy atom. The minimum atomic E-state index is -0.282. The van der Waals surface area contributed by atoms with Crippen molar-refractivity contribution in [1.82, 2.24) is 15.4 Å². The number of amides is 1. The minimum Gasteiger partial charge on any atom is -0.493 e. The molecule has 1 unspecified atom stereocenters. The van der Waals surface area contributed by atoms with Crippen LogP contribution in [-0.4, -0.2) is 63.0 Å². The lowest BCUT2D eigenvalue weighted by molar-refractivity contribution is 0.0162. The van der Waals surface area contributed by atoms with Gasteiger partial charge in [0.25, 0.3) is 5.91 Å². The maximum absolute atomic E-state index is 12.9. The molecule has 33 heavy (non-hydrogen) atoms. The van der Waals surface area contributed by atoms with Gasteiger partial charge in [0, 0.05) is 31.3 Å². The van der Waals surface area contributed by atoms with Crippen molar-refractivity contribution in [3.05, 3.63) is 65.4 Å². The van der Waals surface area contributed by atoms with E-state index >= 15 is 0 Å². The highest BCUT2D eigenvalue weighted by Gasteiger charge is 2.24. The first-order valence-electron chi connectivity index (χ1n) is 10.9. The highest BCUT2D eigenvalue weighted by molar-refractivity contribution is 5.93. The standard InChI is InChI=1S/C25H29N3O5/c1-17-4-6-18(7-5-17)21(28-10-12-32-13-11-28)16-26-25(29)20-15-23(33-27-20)19-8-9-22(30-2)24(14-19)31-3/h4-9,14-15,21H,10-13,16H2,1-3H3,(H,26,29). The molecule has 8 nitrogen and oxygen atoms in total. The molecule has 0 bridgehead atoms. The third-order valence-electron chi connectivity index (χ3n) is 5.82. The number of hydrogen-bond donors (Lipinski definition) is 1. The van der Waals surface area contributed by atoms with Crippen molar-refractivity contribution in [1.29, 1.82) is 0 Å². The zero-order valence-corrected chi connectivity index (χ0v) is 19.2. The fourth-order valence-electron chi connectivity index (χ4n) is 3.92. The predicted molar refractivity (Wildman–Crippen MR) is 124 cm³/mol. The van der Waals surface area contributed by atoms with Crippen LogP contribution in [0.4, 0.5) is 0 Å². The molecular formula is C25H29N3O5. The molecule has 0 spiro atoms. The van der Waals surface area contributed by atoms with Crippen molar-refractivity contribution in [2.45, 2.75) is 13.0 Å². The molecule has 4 rings (SSSR count). The Morgan fingerprint density at radius 1 is 1.06 bits per heavy atom. The number of aromatic nitrogens is 1. The number of carbonyl (C=O) groups is 1. The van der Waals surface area contributed by atoms with Crippen LogP contribution in [0.1, 0.15) is 27.7 Å². The average Bonchev–Trinajstić information content (AvgIpc) is 3.36. The molecule has 1 atom stereocenters. The summed E-state index contributed by atoms with van der Waals surface area (Å²) in [4.78, 5) is 15.2. The number of rotatable bonds is 8. The van der Waals surface area contributed by atoms with Crippen LogP contribution in [0.2, 0.25) is 0 Å². The Hall–Kier alpha value is -3.36. The van der Waals surface area contributed by atoms with E-state index in [9.17, 15) is 4.79 Å². The molecule has 174 valence electrons. The second-order valence-corrected chi connectivity index (χ2v) is 7.93. The Bertz CT molecular complexity index is 1070. The number of hydrogen-bond acceptors (Lipinski definition) is 7. The van der Waals surface area contributed by atoms with Gasteiger partial charge in [-0.2, -0.15) is 0 Å². The molecule has 2 heterocycles. The van der Waals surface area contributed by atoms with E-state index in [1.54, 1.807) is 32.4 Å². The summed E-state index contributed by atoms with van der Waals surface area (Å²) in [6.45, 7) is 5.54. The summed E-state index contributed by atoms with van der Waals surface area (Å²) in [5.74, 6) is 1.38. The molecule has 2 aromatic carbocycles. The van der Waals surface area contributed by atoms with Crippen LogP contribution >= 0.6 is 0 Å². The van der Waals surface area contributed by atoms with Gasteiger partial charge in [-0.1, -0.05) is 35.0 Å². The van der Waals surface area contributed by atoms with E-state index < -0.39 is 0 Å². The molecule has 1 amide bonds. The van der Waals surface area contributed by atoms with Crippen LogP contribution < -0.4 is 14.8 Å². The van der Waals surface area contributed by atoms with E-state index in [1.165, 1.54) is 5.56 Å². The van der Waals surface area contributed by atoms with E-state index in [1.807, 2.05) is 6.07 Å². The van der Waals surface area contributed by atoms with E-state index in [-0.39, 0.29) is 17.6 Å². The van der Waals surface area contributed by atoms with E-state index in [4.69, 9.17) is 18.7 Å². The van der Waals surface area contributed by atoms with Crippen molar-refractivity contribution in [2.75, 3.05) is 47.1 Å². The topological polar surface area (TPSA) is 86.1 Å². The lowest BCUT2D eigenvalue weighted by Gasteiger charge is -2.35. The highest BCUT2D eigenvalue weighted by Crippen LogP contribution is 2.32. The van der Waals surface area contributed by atoms with Crippen molar-refractivity contribution in [3.63, 3.8) is 0 Å². The maximum atomic E-state index is 12.9. The summed E-state index contributed by atoms with van der Waals surface area (Å²) >= 11 is 0. The average molecular weight is 452 g/mol. The molecule has 1 aliphatic heterocycles. The number of morpholine rings is 1. The van der Waals surface area contributed by atoms with Gasteiger partial charge < -0.3 is 24.1 Å². The smallest absolute Gasteiger partial charge is 0.273 e. The summed E-state index contributed by atoms with van der Waals surface area (Å²) in [6, 6.07) is 15.5. The Morgan fingerprint density at radius 2 is 1.79 bits per heavy atom. The van der Waals surface area contributed by atoms with Crippen molar-refractivity contribution < 1.29 is 23.5 Å². The summed E-state index contributed by atoms with van der Waals surface area (Å²) in [5, 5.41) is 7.00. The third kappa shape index (κ3) is 5.35. The first-order valence-corrected chi connectivity index (χ1v) is 10.9.